The fourth-order valence-corrected chi connectivity index (χ4v) is 4.44. The quantitative estimate of drug-likeness (QED) is 0.640. The largest absolute Gasteiger partial charge is 0.484 e. The van der Waals surface area contributed by atoms with E-state index in [2.05, 4.69) is 36.1 Å². The fraction of sp³-hybridized carbons (Fsp3) is 0.364. The normalized spacial score (nSPS) is 15.1. The molecule has 0 aliphatic carbocycles. The molecule has 0 bridgehead atoms. The molecule has 146 valence electrons. The van der Waals surface area contributed by atoms with Crippen LogP contribution in [0.1, 0.15) is 17.5 Å². The Morgan fingerprint density at radius 2 is 1.93 bits per heavy atom. The van der Waals surface area contributed by atoms with Crippen LogP contribution in [0.15, 0.2) is 48.5 Å². The summed E-state index contributed by atoms with van der Waals surface area (Å²) in [6.07, 6.45) is 0.960. The first-order valence-electron chi connectivity index (χ1n) is 9.77. The predicted octanol–water partition coefficient (Wildman–Crippen LogP) is 3.58. The summed E-state index contributed by atoms with van der Waals surface area (Å²) < 4.78 is 6.94. The van der Waals surface area contributed by atoms with Crippen molar-refractivity contribution in [2.45, 2.75) is 19.9 Å². The Labute approximate surface area is 169 Å². The Bertz CT molecular complexity index is 915. The molecule has 0 N–H and O–H groups in total. The number of aryl methyl sites for hydroxylation is 1. The van der Waals surface area contributed by atoms with Crippen LogP contribution in [0.5, 0.6) is 5.75 Å². The van der Waals surface area contributed by atoms with Gasteiger partial charge >= 0.3 is 0 Å². The Hall–Kier alpha value is -2.44. The van der Waals surface area contributed by atoms with Crippen LogP contribution in [0.25, 0.3) is 10.2 Å². The Balaban J connectivity index is 1.25. The van der Waals surface area contributed by atoms with Crippen LogP contribution in [0.2, 0.25) is 0 Å². The summed E-state index contributed by atoms with van der Waals surface area (Å²) in [5, 5.41) is 1.14. The lowest BCUT2D eigenvalue weighted by Gasteiger charge is -2.34. The van der Waals surface area contributed by atoms with E-state index >= 15 is 0 Å². The molecule has 0 spiro atoms. The van der Waals surface area contributed by atoms with Gasteiger partial charge in [-0.3, -0.25) is 9.69 Å². The summed E-state index contributed by atoms with van der Waals surface area (Å²) >= 11 is 1.75. The molecule has 3 aromatic rings. The molecule has 6 heteroatoms. The van der Waals surface area contributed by atoms with E-state index in [9.17, 15) is 4.79 Å². The average Bonchev–Trinajstić information content (AvgIpc) is 3.15. The van der Waals surface area contributed by atoms with Crippen molar-refractivity contribution in [2.24, 2.45) is 0 Å². The molecule has 1 aromatic heterocycles. The number of carbonyl (C=O) groups excluding carboxylic acids is 1. The van der Waals surface area contributed by atoms with Gasteiger partial charge in [0, 0.05) is 26.2 Å². The zero-order chi connectivity index (χ0) is 19.3. The molecule has 4 rings (SSSR count). The van der Waals surface area contributed by atoms with Gasteiger partial charge in [-0.05, 0) is 36.2 Å². The second kappa shape index (κ2) is 8.71. The summed E-state index contributed by atoms with van der Waals surface area (Å²) in [5.41, 5.74) is 2.29. The van der Waals surface area contributed by atoms with Crippen molar-refractivity contribution in [3.8, 4) is 5.75 Å². The van der Waals surface area contributed by atoms with Crippen LogP contribution in [-0.4, -0.2) is 53.5 Å². The van der Waals surface area contributed by atoms with Crippen LogP contribution >= 0.6 is 11.3 Å². The zero-order valence-electron chi connectivity index (χ0n) is 16.1. The molecule has 28 heavy (non-hydrogen) atoms. The van der Waals surface area contributed by atoms with E-state index in [-0.39, 0.29) is 12.5 Å². The van der Waals surface area contributed by atoms with Gasteiger partial charge in [-0.2, -0.15) is 0 Å². The van der Waals surface area contributed by atoms with Crippen LogP contribution < -0.4 is 4.74 Å². The number of thiazole rings is 1. The lowest BCUT2D eigenvalue weighted by atomic mass is 10.2. The van der Waals surface area contributed by atoms with Gasteiger partial charge in [-0.25, -0.2) is 4.98 Å². The van der Waals surface area contributed by atoms with Gasteiger partial charge in [0.05, 0.1) is 16.8 Å². The lowest BCUT2D eigenvalue weighted by Crippen LogP contribution is -2.49. The third-order valence-electron chi connectivity index (χ3n) is 5.09. The summed E-state index contributed by atoms with van der Waals surface area (Å²) in [6.45, 7) is 6.27. The van der Waals surface area contributed by atoms with E-state index in [1.54, 1.807) is 11.3 Å². The van der Waals surface area contributed by atoms with Gasteiger partial charge in [-0.15, -0.1) is 11.3 Å². The van der Waals surface area contributed by atoms with Gasteiger partial charge in [0.25, 0.3) is 5.91 Å². The number of ether oxygens (including phenoxy) is 1. The second-order valence-corrected chi connectivity index (χ2v) is 8.14. The maximum Gasteiger partial charge on any atom is 0.260 e. The number of amides is 1. The summed E-state index contributed by atoms with van der Waals surface area (Å²) in [7, 11) is 0. The van der Waals surface area contributed by atoms with Crippen molar-refractivity contribution in [3.05, 3.63) is 59.1 Å². The van der Waals surface area contributed by atoms with Gasteiger partial charge in [0.2, 0.25) is 0 Å². The first-order valence-corrected chi connectivity index (χ1v) is 10.6. The average molecular weight is 396 g/mol. The highest BCUT2D eigenvalue weighted by Gasteiger charge is 2.22. The summed E-state index contributed by atoms with van der Waals surface area (Å²) in [4.78, 5) is 21.5. The topological polar surface area (TPSA) is 45.7 Å². The predicted molar refractivity (Wildman–Crippen MR) is 113 cm³/mol. The smallest absolute Gasteiger partial charge is 0.260 e. The minimum absolute atomic E-state index is 0.0570. The van der Waals surface area contributed by atoms with E-state index in [1.165, 1.54) is 10.3 Å². The molecule has 1 aliphatic heterocycles. The Kier molecular flexibility index (Phi) is 5.88. The number of aromatic nitrogens is 1. The van der Waals surface area contributed by atoms with Gasteiger partial charge in [0.15, 0.2) is 6.61 Å². The first-order chi connectivity index (χ1) is 13.7. The SMILES string of the molecule is CCc1cccc(OCC(=O)N2CCN(Cc3nc4ccccc4s3)CC2)c1. The highest BCUT2D eigenvalue weighted by atomic mass is 32.1. The Morgan fingerprint density at radius 1 is 1.11 bits per heavy atom. The van der Waals surface area contributed by atoms with E-state index in [4.69, 9.17) is 9.72 Å². The van der Waals surface area contributed by atoms with Crippen molar-refractivity contribution in [2.75, 3.05) is 32.8 Å². The molecule has 1 aliphatic rings. The summed E-state index contributed by atoms with van der Waals surface area (Å²) in [6, 6.07) is 16.2. The monoisotopic (exact) mass is 395 g/mol. The van der Waals surface area contributed by atoms with Crippen LogP contribution in [0.3, 0.4) is 0 Å². The number of benzene rings is 2. The number of rotatable bonds is 6. The standard InChI is InChI=1S/C22H25N3O2S/c1-2-17-6-5-7-18(14-17)27-16-22(26)25-12-10-24(11-13-25)15-21-23-19-8-3-4-9-20(19)28-21/h3-9,14H,2,10-13,15-16H2,1H3. The molecule has 0 atom stereocenters. The maximum absolute atomic E-state index is 12.5. The molecule has 2 aromatic carbocycles. The number of para-hydroxylation sites is 1. The number of carbonyl (C=O) groups is 1. The van der Waals surface area contributed by atoms with Crippen molar-refractivity contribution in [1.29, 1.82) is 0 Å². The van der Waals surface area contributed by atoms with E-state index in [1.807, 2.05) is 29.2 Å². The van der Waals surface area contributed by atoms with Crippen molar-refractivity contribution in [3.63, 3.8) is 0 Å². The third-order valence-corrected chi connectivity index (χ3v) is 6.11. The molecule has 0 saturated carbocycles. The first kappa shape index (κ1) is 18.9. The molecule has 5 nitrogen and oxygen atoms in total. The number of nitrogens with zero attached hydrogens (tertiary/aromatic N) is 3. The number of hydrogen-bond donors (Lipinski definition) is 0. The zero-order valence-corrected chi connectivity index (χ0v) is 17.0. The molecule has 0 radical (unpaired) electrons. The molecular formula is C22H25N3O2S. The molecule has 1 saturated heterocycles. The molecular weight excluding hydrogens is 370 g/mol. The molecule has 1 amide bonds. The highest BCUT2D eigenvalue weighted by Crippen LogP contribution is 2.23. The fourth-order valence-electron chi connectivity index (χ4n) is 3.43. The molecule has 1 fully saturated rings. The third kappa shape index (κ3) is 4.51. The van der Waals surface area contributed by atoms with E-state index in [0.717, 1.165) is 55.4 Å². The lowest BCUT2D eigenvalue weighted by molar-refractivity contribution is -0.135. The highest BCUT2D eigenvalue weighted by molar-refractivity contribution is 7.18. The van der Waals surface area contributed by atoms with Gasteiger partial charge in [0.1, 0.15) is 10.8 Å². The molecule has 0 unspecified atom stereocenters. The second-order valence-electron chi connectivity index (χ2n) is 7.02. The van der Waals surface area contributed by atoms with Gasteiger partial charge in [-0.1, -0.05) is 31.2 Å². The number of piperazine rings is 1. The Morgan fingerprint density at radius 3 is 2.71 bits per heavy atom. The maximum atomic E-state index is 12.5. The van der Waals surface area contributed by atoms with Crippen molar-refractivity contribution >= 4 is 27.5 Å². The van der Waals surface area contributed by atoms with E-state index < -0.39 is 0 Å². The number of hydrogen-bond acceptors (Lipinski definition) is 5. The van der Waals surface area contributed by atoms with Crippen molar-refractivity contribution in [1.82, 2.24) is 14.8 Å². The van der Waals surface area contributed by atoms with Crippen LogP contribution in [-0.2, 0) is 17.8 Å². The van der Waals surface area contributed by atoms with Crippen LogP contribution in [0.4, 0.5) is 0 Å². The van der Waals surface area contributed by atoms with Crippen molar-refractivity contribution < 1.29 is 9.53 Å². The van der Waals surface area contributed by atoms with Crippen LogP contribution in [0, 0.1) is 0 Å². The number of fused-ring (bicyclic) bond motifs is 1. The van der Waals surface area contributed by atoms with Gasteiger partial charge < -0.3 is 9.64 Å². The minimum Gasteiger partial charge on any atom is -0.484 e. The minimum atomic E-state index is 0.0570. The summed E-state index contributed by atoms with van der Waals surface area (Å²) in [5.74, 6) is 0.823. The molecule has 2 heterocycles. The van der Waals surface area contributed by atoms with E-state index in [0.29, 0.717) is 0 Å².